The second-order valence-electron chi connectivity index (χ2n) is 4.62. The van der Waals surface area contributed by atoms with E-state index < -0.39 is 12.5 Å². The molecule has 4 nitrogen and oxygen atoms in total. The molecule has 0 saturated heterocycles. The summed E-state index contributed by atoms with van der Waals surface area (Å²) < 4.78 is 25.7. The molecule has 5 N–H and O–H groups in total. The Balaban J connectivity index is 2.42. The number of hydrogen-bond donors (Lipinski definition) is 4. The van der Waals surface area contributed by atoms with E-state index >= 15 is 0 Å². The zero-order valence-corrected chi connectivity index (χ0v) is 11.6. The van der Waals surface area contributed by atoms with Gasteiger partial charge in [-0.25, -0.2) is 8.78 Å². The lowest BCUT2D eigenvalue weighted by atomic mass is 10.1. The third-order valence-corrected chi connectivity index (χ3v) is 3.07. The number of guanidine groups is 1. The first-order valence-electron chi connectivity index (χ1n) is 6.70. The van der Waals surface area contributed by atoms with Crippen molar-refractivity contribution in [2.24, 2.45) is 5.73 Å². The van der Waals surface area contributed by atoms with Gasteiger partial charge in [0.15, 0.2) is 5.96 Å². The lowest BCUT2D eigenvalue weighted by Gasteiger charge is -2.18. The fourth-order valence-corrected chi connectivity index (χ4v) is 1.82. The van der Waals surface area contributed by atoms with Gasteiger partial charge in [0.1, 0.15) is 0 Å². The van der Waals surface area contributed by atoms with Crippen molar-refractivity contribution in [1.82, 2.24) is 10.6 Å². The first-order chi connectivity index (χ1) is 9.52. The molecule has 0 heterocycles. The predicted octanol–water partition coefficient (Wildman–Crippen LogP) is 1.85. The summed E-state index contributed by atoms with van der Waals surface area (Å²) in [5.41, 5.74) is 7.32. The molecule has 1 aromatic rings. The summed E-state index contributed by atoms with van der Waals surface area (Å²) >= 11 is 0. The Kier molecular flexibility index (Phi) is 6.93. The summed E-state index contributed by atoms with van der Waals surface area (Å²) in [4.78, 5) is 0. The molecule has 20 heavy (non-hydrogen) atoms. The zero-order valence-electron chi connectivity index (χ0n) is 11.6. The quantitative estimate of drug-likeness (QED) is 0.435. The molecule has 1 unspecified atom stereocenters. The maximum Gasteiger partial charge on any atom is 0.253 e. The van der Waals surface area contributed by atoms with Crippen molar-refractivity contribution in [1.29, 1.82) is 5.41 Å². The summed E-state index contributed by atoms with van der Waals surface area (Å²) in [6.45, 7) is 2.73. The van der Waals surface area contributed by atoms with Crippen LogP contribution in [0.4, 0.5) is 8.78 Å². The Morgan fingerprint density at radius 2 is 1.85 bits per heavy atom. The number of aryl methyl sites for hydroxylation is 1. The van der Waals surface area contributed by atoms with Crippen molar-refractivity contribution >= 4 is 5.96 Å². The number of rotatable bonds is 8. The molecule has 0 saturated carbocycles. The van der Waals surface area contributed by atoms with Crippen LogP contribution in [-0.4, -0.2) is 25.0 Å². The minimum Gasteiger partial charge on any atom is -0.370 e. The molecule has 1 aromatic carbocycles. The van der Waals surface area contributed by atoms with E-state index in [4.69, 9.17) is 11.1 Å². The van der Waals surface area contributed by atoms with Gasteiger partial charge in [-0.05, 0) is 24.0 Å². The highest BCUT2D eigenvalue weighted by molar-refractivity contribution is 5.74. The molecule has 0 radical (unpaired) electrons. The SMILES string of the molecule is CCc1ccc(CNC(CCNC(=N)N)C(F)F)cc1. The van der Waals surface area contributed by atoms with Crippen LogP contribution in [0.25, 0.3) is 0 Å². The first-order valence-corrected chi connectivity index (χ1v) is 6.70. The summed E-state index contributed by atoms with van der Waals surface area (Å²) in [5, 5.41) is 12.4. The Hall–Kier alpha value is -1.69. The van der Waals surface area contributed by atoms with E-state index in [1.165, 1.54) is 5.56 Å². The standard InChI is InChI=1S/C14H22F2N4/c1-2-10-3-5-11(6-4-10)9-20-12(13(15)16)7-8-19-14(17)18/h3-6,12-13,20H,2,7-9H2,1H3,(H4,17,18,19). The van der Waals surface area contributed by atoms with Crippen LogP contribution in [0.2, 0.25) is 0 Å². The zero-order chi connectivity index (χ0) is 15.0. The second-order valence-corrected chi connectivity index (χ2v) is 4.62. The van der Waals surface area contributed by atoms with E-state index in [-0.39, 0.29) is 18.9 Å². The molecule has 0 aliphatic rings. The molecule has 6 heteroatoms. The fraction of sp³-hybridized carbons (Fsp3) is 0.500. The van der Waals surface area contributed by atoms with E-state index in [1.807, 2.05) is 24.3 Å². The Bertz CT molecular complexity index is 406. The van der Waals surface area contributed by atoms with Crippen molar-refractivity contribution in [3.8, 4) is 0 Å². The van der Waals surface area contributed by atoms with Crippen LogP contribution in [0.15, 0.2) is 24.3 Å². The normalized spacial score (nSPS) is 12.4. The van der Waals surface area contributed by atoms with Gasteiger partial charge < -0.3 is 16.4 Å². The van der Waals surface area contributed by atoms with E-state index in [0.29, 0.717) is 6.54 Å². The van der Waals surface area contributed by atoms with Crippen LogP contribution in [0.3, 0.4) is 0 Å². The molecule has 1 atom stereocenters. The predicted molar refractivity (Wildman–Crippen MR) is 77.0 cm³/mol. The number of benzene rings is 1. The summed E-state index contributed by atoms with van der Waals surface area (Å²) in [7, 11) is 0. The second kappa shape index (κ2) is 8.47. The number of nitrogens with one attached hydrogen (secondary N) is 3. The van der Waals surface area contributed by atoms with Crippen molar-refractivity contribution in [3.63, 3.8) is 0 Å². The van der Waals surface area contributed by atoms with Crippen molar-refractivity contribution in [2.45, 2.75) is 38.8 Å². The number of halogens is 2. The van der Waals surface area contributed by atoms with Crippen LogP contribution >= 0.6 is 0 Å². The molecule has 0 bridgehead atoms. The van der Waals surface area contributed by atoms with E-state index in [2.05, 4.69) is 17.6 Å². The molecule has 0 aliphatic carbocycles. The molecule has 0 fully saturated rings. The van der Waals surface area contributed by atoms with Gasteiger partial charge in [0.2, 0.25) is 0 Å². The topological polar surface area (TPSA) is 73.9 Å². The minimum absolute atomic E-state index is 0.201. The lowest BCUT2D eigenvalue weighted by molar-refractivity contribution is 0.0937. The Morgan fingerprint density at radius 1 is 1.25 bits per heavy atom. The van der Waals surface area contributed by atoms with Gasteiger partial charge in [0.05, 0.1) is 6.04 Å². The smallest absolute Gasteiger partial charge is 0.253 e. The Morgan fingerprint density at radius 3 is 2.35 bits per heavy atom. The highest BCUT2D eigenvalue weighted by Crippen LogP contribution is 2.08. The van der Waals surface area contributed by atoms with Crippen LogP contribution in [0, 0.1) is 5.41 Å². The molecule has 0 spiro atoms. The number of alkyl halides is 2. The lowest BCUT2D eigenvalue weighted by Crippen LogP contribution is -2.40. The monoisotopic (exact) mass is 284 g/mol. The van der Waals surface area contributed by atoms with Crippen molar-refractivity contribution < 1.29 is 8.78 Å². The van der Waals surface area contributed by atoms with Crippen LogP contribution in [0.1, 0.15) is 24.5 Å². The summed E-state index contributed by atoms with van der Waals surface area (Å²) in [6.07, 6.45) is -1.27. The van der Waals surface area contributed by atoms with Gasteiger partial charge in [-0.1, -0.05) is 31.2 Å². The number of nitrogens with two attached hydrogens (primary N) is 1. The third kappa shape index (κ3) is 5.97. The fourth-order valence-electron chi connectivity index (χ4n) is 1.82. The highest BCUT2D eigenvalue weighted by atomic mass is 19.3. The molecule has 0 aromatic heterocycles. The van der Waals surface area contributed by atoms with Gasteiger partial charge in [-0.15, -0.1) is 0 Å². The van der Waals surface area contributed by atoms with Crippen molar-refractivity contribution in [2.75, 3.05) is 6.54 Å². The molecule has 0 aliphatic heterocycles. The largest absolute Gasteiger partial charge is 0.370 e. The number of hydrogen-bond acceptors (Lipinski definition) is 2. The van der Waals surface area contributed by atoms with Gasteiger partial charge in [0.25, 0.3) is 6.43 Å². The van der Waals surface area contributed by atoms with E-state index in [9.17, 15) is 8.78 Å². The van der Waals surface area contributed by atoms with Crippen molar-refractivity contribution in [3.05, 3.63) is 35.4 Å². The van der Waals surface area contributed by atoms with Gasteiger partial charge in [-0.3, -0.25) is 5.41 Å². The maximum atomic E-state index is 12.9. The van der Waals surface area contributed by atoms with Gasteiger partial charge >= 0.3 is 0 Å². The minimum atomic E-state index is -2.45. The summed E-state index contributed by atoms with van der Waals surface area (Å²) in [5.74, 6) is -0.201. The van der Waals surface area contributed by atoms with Crippen LogP contribution in [0.5, 0.6) is 0 Å². The van der Waals surface area contributed by atoms with Gasteiger partial charge in [-0.2, -0.15) is 0 Å². The Labute approximate surface area is 118 Å². The average molecular weight is 284 g/mol. The summed E-state index contributed by atoms with van der Waals surface area (Å²) in [6, 6.07) is 6.99. The third-order valence-electron chi connectivity index (χ3n) is 3.07. The molecular formula is C14H22F2N4. The van der Waals surface area contributed by atoms with Crippen LogP contribution < -0.4 is 16.4 Å². The average Bonchev–Trinajstić information content (AvgIpc) is 2.42. The molecule has 1 rings (SSSR count). The highest BCUT2D eigenvalue weighted by Gasteiger charge is 2.19. The first kappa shape index (κ1) is 16.4. The molecule has 0 amide bonds. The molecular weight excluding hydrogens is 262 g/mol. The van der Waals surface area contributed by atoms with Gasteiger partial charge in [0, 0.05) is 13.1 Å². The van der Waals surface area contributed by atoms with E-state index in [1.54, 1.807) is 0 Å². The van der Waals surface area contributed by atoms with E-state index in [0.717, 1.165) is 12.0 Å². The molecule has 112 valence electrons. The maximum absolute atomic E-state index is 12.9. The van der Waals surface area contributed by atoms with Crippen LogP contribution in [-0.2, 0) is 13.0 Å².